The molecule has 0 fully saturated rings. The minimum Gasteiger partial charge on any atom is -0.494 e. The number of rotatable bonds is 7. The first-order chi connectivity index (χ1) is 12.5. The highest BCUT2D eigenvalue weighted by Crippen LogP contribution is 2.39. The summed E-state index contributed by atoms with van der Waals surface area (Å²) in [7, 11) is 0. The number of ether oxygens (including phenoxy) is 1. The average Bonchev–Trinajstić information content (AvgIpc) is 2.86. The summed E-state index contributed by atoms with van der Waals surface area (Å²) in [6.07, 6.45) is 1.02. The average molecular weight is 352 g/mol. The van der Waals surface area contributed by atoms with Crippen LogP contribution >= 0.6 is 0 Å². The fraction of sp³-hybridized carbons (Fsp3) is 0.333. The van der Waals surface area contributed by atoms with Gasteiger partial charge < -0.3 is 14.4 Å². The number of nitrogens with zero attached hydrogens (tertiary/aromatic N) is 2. The van der Waals surface area contributed by atoms with Crippen molar-refractivity contribution in [3.8, 4) is 11.6 Å². The predicted molar refractivity (Wildman–Crippen MR) is 104 cm³/mol. The van der Waals surface area contributed by atoms with Crippen LogP contribution in [0.25, 0.3) is 10.9 Å². The number of hydrogen-bond acceptors (Lipinski definition) is 4. The van der Waals surface area contributed by atoms with Crippen molar-refractivity contribution in [1.29, 1.82) is 0 Å². The number of nitroso groups, excluding NO2 is 1. The number of aryl methyl sites for hydroxylation is 1. The van der Waals surface area contributed by atoms with E-state index in [1.807, 2.05) is 49.4 Å². The van der Waals surface area contributed by atoms with Gasteiger partial charge in [0.05, 0.1) is 18.7 Å². The van der Waals surface area contributed by atoms with Crippen molar-refractivity contribution in [2.75, 3.05) is 6.61 Å². The zero-order chi connectivity index (χ0) is 18.7. The third-order valence-corrected chi connectivity index (χ3v) is 4.48. The Morgan fingerprint density at radius 2 is 1.88 bits per heavy atom. The molecule has 1 heterocycles. The molecule has 0 bridgehead atoms. The van der Waals surface area contributed by atoms with E-state index in [0.29, 0.717) is 24.5 Å². The zero-order valence-electron chi connectivity index (χ0n) is 15.4. The number of aromatic hydroxyl groups is 1. The summed E-state index contributed by atoms with van der Waals surface area (Å²) in [6, 6.07) is 13.5. The second-order valence-electron chi connectivity index (χ2n) is 7.05. The summed E-state index contributed by atoms with van der Waals surface area (Å²) >= 11 is 0. The second kappa shape index (κ2) is 7.60. The Kier molecular flexibility index (Phi) is 5.26. The summed E-state index contributed by atoms with van der Waals surface area (Å²) < 4.78 is 7.45. The van der Waals surface area contributed by atoms with Crippen LogP contribution < -0.4 is 4.74 Å². The van der Waals surface area contributed by atoms with Gasteiger partial charge in [-0.05, 0) is 54.3 Å². The molecular formula is C21H24N2O3. The molecule has 0 unspecified atom stereocenters. The maximum Gasteiger partial charge on any atom is 0.222 e. The molecular weight excluding hydrogens is 328 g/mol. The zero-order valence-corrected chi connectivity index (χ0v) is 15.4. The quantitative estimate of drug-likeness (QED) is 0.569. The molecule has 0 aliphatic rings. The normalized spacial score (nSPS) is 11.2. The van der Waals surface area contributed by atoms with Crippen molar-refractivity contribution >= 4 is 16.6 Å². The molecule has 0 amide bonds. The van der Waals surface area contributed by atoms with Gasteiger partial charge in [0.2, 0.25) is 5.88 Å². The topological polar surface area (TPSA) is 63.8 Å². The molecule has 1 N–H and O–H groups in total. The Morgan fingerprint density at radius 1 is 1.15 bits per heavy atom. The lowest BCUT2D eigenvalue weighted by Crippen LogP contribution is -2.02. The van der Waals surface area contributed by atoms with Crippen LogP contribution in [0.1, 0.15) is 31.4 Å². The van der Waals surface area contributed by atoms with Gasteiger partial charge in [0.1, 0.15) is 5.75 Å². The Balaban J connectivity index is 1.83. The van der Waals surface area contributed by atoms with Crippen LogP contribution in [0.5, 0.6) is 11.6 Å². The SMILES string of the molecule is Cc1ccc2c(c1)c(N=O)c(O)n2Cc1ccc(OCCC(C)C)cc1. The van der Waals surface area contributed by atoms with E-state index < -0.39 is 0 Å². The maximum atomic E-state index is 11.2. The maximum absolute atomic E-state index is 11.2. The third-order valence-electron chi connectivity index (χ3n) is 4.48. The highest BCUT2D eigenvalue weighted by Gasteiger charge is 2.17. The van der Waals surface area contributed by atoms with Crippen LogP contribution in [0.15, 0.2) is 47.6 Å². The van der Waals surface area contributed by atoms with Gasteiger partial charge in [-0.3, -0.25) is 0 Å². The standard InChI is InChI=1S/C21H24N2O3/c1-14(2)10-11-26-17-7-5-16(6-8-17)13-23-19-9-4-15(3)12-18(19)20(22-25)21(23)24/h4-9,12,14,24H,10-11,13H2,1-3H3. The van der Waals surface area contributed by atoms with Gasteiger partial charge in [0.15, 0.2) is 5.69 Å². The Morgan fingerprint density at radius 3 is 2.54 bits per heavy atom. The van der Waals surface area contributed by atoms with E-state index in [9.17, 15) is 10.0 Å². The van der Waals surface area contributed by atoms with Gasteiger partial charge in [0.25, 0.3) is 0 Å². The number of fused-ring (bicyclic) bond motifs is 1. The van der Waals surface area contributed by atoms with Crippen molar-refractivity contribution in [2.45, 2.75) is 33.7 Å². The van der Waals surface area contributed by atoms with Gasteiger partial charge in [-0.25, -0.2) is 0 Å². The highest BCUT2D eigenvalue weighted by atomic mass is 16.5. The van der Waals surface area contributed by atoms with E-state index in [0.717, 1.165) is 28.8 Å². The van der Waals surface area contributed by atoms with E-state index >= 15 is 0 Å². The molecule has 2 aromatic carbocycles. The molecule has 1 aromatic heterocycles. The van der Waals surface area contributed by atoms with E-state index in [1.165, 1.54) is 0 Å². The summed E-state index contributed by atoms with van der Waals surface area (Å²) in [5.41, 5.74) is 2.91. The molecule has 3 rings (SSSR count). The van der Waals surface area contributed by atoms with Crippen molar-refractivity contribution in [3.05, 3.63) is 58.5 Å². The molecule has 136 valence electrons. The molecule has 0 atom stereocenters. The highest BCUT2D eigenvalue weighted by molar-refractivity contribution is 5.95. The number of aromatic nitrogens is 1. The second-order valence-corrected chi connectivity index (χ2v) is 7.05. The van der Waals surface area contributed by atoms with Crippen LogP contribution in [-0.2, 0) is 6.54 Å². The fourth-order valence-electron chi connectivity index (χ4n) is 2.97. The Hall–Kier alpha value is -2.82. The Labute approximate surface area is 153 Å². The van der Waals surface area contributed by atoms with Crippen LogP contribution in [0.2, 0.25) is 0 Å². The number of benzene rings is 2. The van der Waals surface area contributed by atoms with Crippen LogP contribution in [0, 0.1) is 17.7 Å². The third kappa shape index (κ3) is 3.72. The summed E-state index contributed by atoms with van der Waals surface area (Å²) in [5.74, 6) is 1.35. The largest absolute Gasteiger partial charge is 0.494 e. The van der Waals surface area contributed by atoms with Gasteiger partial charge in [-0.15, -0.1) is 4.91 Å². The molecule has 0 spiro atoms. The van der Waals surface area contributed by atoms with Gasteiger partial charge >= 0.3 is 0 Å². The summed E-state index contributed by atoms with van der Waals surface area (Å²) in [4.78, 5) is 11.2. The monoisotopic (exact) mass is 352 g/mol. The van der Waals surface area contributed by atoms with Crippen molar-refractivity contribution in [1.82, 2.24) is 4.57 Å². The van der Waals surface area contributed by atoms with Crippen LogP contribution in [0.3, 0.4) is 0 Å². The van der Waals surface area contributed by atoms with Crippen molar-refractivity contribution in [3.63, 3.8) is 0 Å². The van der Waals surface area contributed by atoms with E-state index in [-0.39, 0.29) is 11.6 Å². The first-order valence-corrected chi connectivity index (χ1v) is 8.86. The van der Waals surface area contributed by atoms with Gasteiger partial charge in [-0.2, -0.15) is 0 Å². The van der Waals surface area contributed by atoms with Crippen LogP contribution in [-0.4, -0.2) is 16.3 Å². The molecule has 5 nitrogen and oxygen atoms in total. The first-order valence-electron chi connectivity index (χ1n) is 8.86. The lowest BCUT2D eigenvalue weighted by atomic mass is 10.1. The minimum absolute atomic E-state index is 0.0948. The molecule has 0 saturated carbocycles. The smallest absolute Gasteiger partial charge is 0.222 e. The van der Waals surface area contributed by atoms with Crippen molar-refractivity contribution in [2.24, 2.45) is 11.1 Å². The van der Waals surface area contributed by atoms with Crippen molar-refractivity contribution < 1.29 is 9.84 Å². The molecule has 3 aromatic rings. The van der Waals surface area contributed by atoms with E-state index in [4.69, 9.17) is 4.74 Å². The lowest BCUT2D eigenvalue weighted by Gasteiger charge is -2.10. The molecule has 26 heavy (non-hydrogen) atoms. The summed E-state index contributed by atoms with van der Waals surface area (Å²) in [5, 5.41) is 14.1. The minimum atomic E-state index is -0.0992. The number of hydrogen-bond donors (Lipinski definition) is 1. The molecule has 0 aliphatic heterocycles. The summed E-state index contributed by atoms with van der Waals surface area (Å²) in [6.45, 7) is 7.44. The molecule has 0 radical (unpaired) electrons. The van der Waals surface area contributed by atoms with Crippen LogP contribution in [0.4, 0.5) is 5.69 Å². The van der Waals surface area contributed by atoms with Gasteiger partial charge in [0, 0.05) is 5.39 Å². The predicted octanol–water partition coefficient (Wildman–Crippen LogP) is 5.53. The van der Waals surface area contributed by atoms with E-state index in [1.54, 1.807) is 4.57 Å². The fourth-order valence-corrected chi connectivity index (χ4v) is 2.97. The van der Waals surface area contributed by atoms with Gasteiger partial charge in [-0.1, -0.05) is 37.6 Å². The lowest BCUT2D eigenvalue weighted by molar-refractivity contribution is 0.289. The molecule has 0 aliphatic carbocycles. The Bertz CT molecular complexity index is 911. The molecule has 0 saturated heterocycles. The molecule has 5 heteroatoms. The first kappa shape index (κ1) is 18.0. The van der Waals surface area contributed by atoms with E-state index in [2.05, 4.69) is 19.0 Å².